The van der Waals surface area contributed by atoms with Crippen LogP contribution < -0.4 is 5.32 Å². The van der Waals surface area contributed by atoms with Gasteiger partial charge in [0.1, 0.15) is 5.82 Å². The Hall–Kier alpha value is -2.79. The second-order valence-electron chi connectivity index (χ2n) is 10.3. The van der Waals surface area contributed by atoms with Crippen LogP contribution in [0.1, 0.15) is 20.7 Å². The average Bonchev–Trinajstić information content (AvgIpc) is 3.07. The molecular formula is C35H24F4I3NO6S2. The van der Waals surface area contributed by atoms with Crippen LogP contribution in [-0.2, 0) is 25.7 Å². The molecule has 0 heterocycles. The lowest BCUT2D eigenvalue weighted by Crippen LogP contribution is -2.39. The quantitative estimate of drug-likeness (QED) is 0.0394. The summed E-state index contributed by atoms with van der Waals surface area (Å²) >= 11 is 6.19. The average molecular weight is 1080 g/mol. The molecule has 0 radical (unpaired) electrons. The minimum absolute atomic E-state index is 0.190. The summed E-state index contributed by atoms with van der Waals surface area (Å²) in [5.41, 5.74) is 0.363. The van der Waals surface area contributed by atoms with Gasteiger partial charge in [0, 0.05) is 16.4 Å². The van der Waals surface area contributed by atoms with Gasteiger partial charge in [-0.05, 0) is 153 Å². The molecule has 1 unspecified atom stereocenters. The number of benzene rings is 5. The molecule has 1 atom stereocenters. The molecule has 0 aromatic heterocycles. The van der Waals surface area contributed by atoms with Gasteiger partial charge in [-0.3, -0.25) is 4.79 Å². The minimum atomic E-state index is -5.29. The van der Waals surface area contributed by atoms with E-state index in [0.29, 0.717) is 5.56 Å². The third-order valence-electron chi connectivity index (χ3n) is 6.59. The van der Waals surface area contributed by atoms with E-state index >= 15 is 0 Å². The van der Waals surface area contributed by atoms with Crippen molar-refractivity contribution in [3.05, 3.63) is 149 Å². The van der Waals surface area contributed by atoms with Gasteiger partial charge in [-0.15, -0.1) is 0 Å². The molecule has 0 spiro atoms. The molecule has 5 rings (SSSR count). The van der Waals surface area contributed by atoms with Gasteiger partial charge in [0.15, 0.2) is 14.7 Å². The molecule has 5 aromatic carbocycles. The molecule has 0 aliphatic heterocycles. The van der Waals surface area contributed by atoms with Gasteiger partial charge >= 0.3 is 12.1 Å². The molecule has 0 aliphatic rings. The van der Waals surface area contributed by atoms with E-state index in [1.165, 1.54) is 34.1 Å². The van der Waals surface area contributed by atoms with E-state index in [1.54, 1.807) is 6.07 Å². The van der Waals surface area contributed by atoms with Gasteiger partial charge < -0.3 is 14.6 Å². The molecular weight excluding hydrogens is 1050 g/mol. The highest BCUT2D eigenvalue weighted by atomic mass is 127. The maximum Gasteiger partial charge on any atom is 0.426 e. The van der Waals surface area contributed by atoms with E-state index in [4.69, 9.17) is 0 Å². The van der Waals surface area contributed by atoms with Gasteiger partial charge in [-0.2, -0.15) is 13.2 Å². The van der Waals surface area contributed by atoms with Gasteiger partial charge in [0.2, 0.25) is 6.10 Å². The Morgan fingerprint density at radius 1 is 0.784 bits per heavy atom. The monoisotopic (exact) mass is 1070 g/mol. The smallest absolute Gasteiger partial charge is 0.426 e. The first-order valence-electron chi connectivity index (χ1n) is 14.4. The standard InChI is InChI=1S/C18H14FS.C17H11F3I3NO6S/c19-15-11-13-18(14-12-15)20(16-7-3-1-4-8-16)17-9-5-2-6-10-17;18-17(19,20)13(7-31(27,28)29)30-16(26)8-1-3-10(4-2-8)24-15(25)11-5-9(21)6-12(22)14(11)23/h1-14H;1-6,13H,7H2,(H,24,25)(H,27,28,29)/q+1;/p-1. The number of halogens is 7. The lowest BCUT2D eigenvalue weighted by Gasteiger charge is -2.21. The number of hydrogen-bond acceptors (Lipinski definition) is 6. The Morgan fingerprint density at radius 2 is 1.29 bits per heavy atom. The molecule has 0 saturated carbocycles. The van der Waals surface area contributed by atoms with E-state index in [9.17, 15) is 40.1 Å². The van der Waals surface area contributed by atoms with Crippen molar-refractivity contribution in [2.24, 2.45) is 0 Å². The molecule has 266 valence electrons. The number of anilines is 1. The van der Waals surface area contributed by atoms with Crippen LogP contribution in [0.25, 0.3) is 0 Å². The van der Waals surface area contributed by atoms with E-state index in [0.717, 1.165) is 27.7 Å². The number of nitrogens with one attached hydrogen (secondary N) is 1. The summed E-state index contributed by atoms with van der Waals surface area (Å²) in [4.78, 5) is 28.1. The van der Waals surface area contributed by atoms with Crippen molar-refractivity contribution >= 4 is 106 Å². The van der Waals surface area contributed by atoms with Crippen LogP contribution >= 0.6 is 67.8 Å². The van der Waals surface area contributed by atoms with E-state index in [2.05, 4.69) is 79.5 Å². The number of alkyl halides is 3. The molecule has 16 heteroatoms. The first kappa shape index (κ1) is 41.0. The topological polar surface area (TPSA) is 113 Å². The van der Waals surface area contributed by atoms with Gasteiger partial charge in [0.25, 0.3) is 5.91 Å². The zero-order valence-electron chi connectivity index (χ0n) is 25.7. The number of hydrogen-bond donors (Lipinski definition) is 1. The van der Waals surface area contributed by atoms with Gasteiger partial charge in [-0.1, -0.05) is 36.4 Å². The van der Waals surface area contributed by atoms with Crippen LogP contribution in [0.2, 0.25) is 0 Å². The van der Waals surface area contributed by atoms with Gasteiger partial charge in [-0.25, -0.2) is 17.6 Å². The lowest BCUT2D eigenvalue weighted by molar-refractivity contribution is -0.197. The highest BCUT2D eigenvalue weighted by Crippen LogP contribution is 2.31. The Morgan fingerprint density at radius 3 is 1.78 bits per heavy atom. The third kappa shape index (κ3) is 12.4. The van der Waals surface area contributed by atoms with Crippen LogP contribution in [0.15, 0.2) is 136 Å². The SMILES string of the molecule is Fc1ccc([S+](c2ccccc2)c2ccccc2)cc1.O=C(OC(CS(=O)(=O)[O-])C(F)(F)F)c1ccc(NC(=O)c2cc(I)cc(I)c2I)cc1. The zero-order valence-corrected chi connectivity index (χ0v) is 33.8. The number of amides is 1. The van der Waals surface area contributed by atoms with Crippen molar-refractivity contribution in [3.8, 4) is 0 Å². The minimum Gasteiger partial charge on any atom is -0.748 e. The largest absolute Gasteiger partial charge is 0.748 e. The van der Waals surface area contributed by atoms with E-state index < -0.39 is 40.0 Å². The Balaban J connectivity index is 0.000000249. The number of esters is 1. The zero-order chi connectivity index (χ0) is 37.3. The second-order valence-corrected chi connectivity index (χ2v) is 17.3. The summed E-state index contributed by atoms with van der Waals surface area (Å²) in [6.07, 6.45) is -8.32. The molecule has 5 aromatic rings. The first-order chi connectivity index (χ1) is 24.0. The summed E-state index contributed by atoms with van der Waals surface area (Å²) in [5, 5.41) is 2.61. The highest BCUT2D eigenvalue weighted by Gasteiger charge is 2.44. The Bertz CT molecular complexity index is 2030. The predicted molar refractivity (Wildman–Crippen MR) is 210 cm³/mol. The predicted octanol–water partition coefficient (Wildman–Crippen LogP) is 9.31. The molecule has 51 heavy (non-hydrogen) atoms. The number of rotatable bonds is 9. The van der Waals surface area contributed by atoms with Crippen LogP contribution in [0.5, 0.6) is 0 Å². The third-order valence-corrected chi connectivity index (χ3v) is 13.2. The highest BCUT2D eigenvalue weighted by molar-refractivity contribution is 14.1. The molecule has 1 amide bonds. The van der Waals surface area contributed by atoms with Crippen molar-refractivity contribution in [1.29, 1.82) is 0 Å². The second kappa shape index (κ2) is 18.3. The van der Waals surface area contributed by atoms with Crippen LogP contribution in [-0.4, -0.2) is 42.9 Å². The summed E-state index contributed by atoms with van der Waals surface area (Å²) < 4.78 is 90.3. The molecule has 0 saturated heterocycles. The molecule has 1 N–H and O–H groups in total. The molecule has 0 bridgehead atoms. The van der Waals surface area contributed by atoms with Crippen molar-refractivity contribution in [3.63, 3.8) is 0 Å². The normalized spacial score (nSPS) is 12.0. The van der Waals surface area contributed by atoms with Crippen molar-refractivity contribution in [1.82, 2.24) is 0 Å². The summed E-state index contributed by atoms with van der Waals surface area (Å²) in [7, 11) is -5.48. The van der Waals surface area contributed by atoms with Crippen molar-refractivity contribution in [2.45, 2.75) is 27.0 Å². The van der Waals surface area contributed by atoms with Crippen molar-refractivity contribution < 1.29 is 44.9 Å². The molecule has 0 aliphatic carbocycles. The van der Waals surface area contributed by atoms with Gasteiger partial charge in [0.05, 0.1) is 37.9 Å². The van der Waals surface area contributed by atoms with Crippen LogP contribution in [0.4, 0.5) is 23.2 Å². The maximum atomic E-state index is 13.2. The number of ether oxygens (including phenoxy) is 1. The molecule has 7 nitrogen and oxygen atoms in total. The Kier molecular flexibility index (Phi) is 14.7. The molecule has 0 fully saturated rings. The number of carbonyl (C=O) groups is 2. The fraction of sp³-hybridized carbons (Fsp3) is 0.0857. The van der Waals surface area contributed by atoms with Crippen molar-refractivity contribution in [2.75, 3.05) is 11.1 Å². The van der Waals surface area contributed by atoms with E-state index in [-0.39, 0.29) is 28.0 Å². The summed E-state index contributed by atoms with van der Waals surface area (Å²) in [5.74, 6) is -4.01. The van der Waals surface area contributed by atoms with Crippen LogP contribution in [0, 0.1) is 16.5 Å². The Labute approximate surface area is 335 Å². The fourth-order valence-electron chi connectivity index (χ4n) is 4.28. The maximum absolute atomic E-state index is 13.2. The summed E-state index contributed by atoms with van der Waals surface area (Å²) in [6, 6.07) is 35.8. The van der Waals surface area contributed by atoms with E-state index in [1.807, 2.05) is 77.2 Å². The number of carbonyl (C=O) groups excluding carboxylic acids is 2. The first-order valence-corrected chi connectivity index (χ1v) is 20.4. The fourth-order valence-corrected chi connectivity index (χ4v) is 9.39. The van der Waals surface area contributed by atoms with Crippen LogP contribution in [0.3, 0.4) is 0 Å². The lowest BCUT2D eigenvalue weighted by atomic mass is 10.2. The summed E-state index contributed by atoms with van der Waals surface area (Å²) in [6.45, 7) is 0.